The predicted molar refractivity (Wildman–Crippen MR) is 144 cm³/mol. The van der Waals surface area contributed by atoms with Crippen molar-refractivity contribution >= 4 is 17.4 Å². The summed E-state index contributed by atoms with van der Waals surface area (Å²) >= 11 is 0. The second-order valence-corrected chi connectivity index (χ2v) is 10.3. The fraction of sp³-hybridized carbons (Fsp3) is 0.467. The van der Waals surface area contributed by atoms with Crippen LogP contribution in [-0.2, 0) is 9.59 Å². The van der Waals surface area contributed by atoms with Gasteiger partial charge in [-0.15, -0.1) is 0 Å². The average molecular weight is 525 g/mol. The van der Waals surface area contributed by atoms with Crippen LogP contribution in [-0.4, -0.2) is 64.1 Å². The molecule has 1 fully saturated rings. The van der Waals surface area contributed by atoms with E-state index in [1.165, 1.54) is 16.9 Å². The Hall–Kier alpha value is -3.52. The summed E-state index contributed by atoms with van der Waals surface area (Å²) in [7, 11) is 5.60. The number of aryl methyl sites for hydroxylation is 1. The number of carbonyl (C=O) groups excluding carboxylic acids is 2. The predicted octanol–water partition coefficient (Wildman–Crippen LogP) is 2.20. The highest BCUT2D eigenvalue weighted by atomic mass is 16.5. The summed E-state index contributed by atoms with van der Waals surface area (Å²) in [6.07, 6.45) is 0.689. The number of Topliss-reactive ketones (excluding diaryl/α,β-unsaturated/α-hetero) is 1. The molecule has 0 saturated carbocycles. The molecule has 0 aromatic heterocycles. The Morgan fingerprint density at radius 3 is 2.37 bits per heavy atom. The van der Waals surface area contributed by atoms with Gasteiger partial charge in [-0.2, -0.15) is 0 Å². The Morgan fingerprint density at radius 2 is 1.76 bits per heavy atom. The largest absolute Gasteiger partial charge is 0.872 e. The van der Waals surface area contributed by atoms with E-state index in [1.807, 2.05) is 27.9 Å². The minimum absolute atomic E-state index is 0.0475. The zero-order chi connectivity index (χ0) is 28.0. The number of rotatable bonds is 12. The summed E-state index contributed by atoms with van der Waals surface area (Å²) in [5.74, 6) is 0.202. The fourth-order valence-electron chi connectivity index (χ4n) is 4.54. The number of hydrogen-bond donors (Lipinski definition) is 1. The van der Waals surface area contributed by atoms with Crippen LogP contribution in [0.2, 0.25) is 0 Å². The lowest BCUT2D eigenvalue weighted by atomic mass is 9.94. The van der Waals surface area contributed by atoms with Gasteiger partial charge in [-0.1, -0.05) is 31.7 Å². The van der Waals surface area contributed by atoms with Gasteiger partial charge in [0, 0.05) is 18.5 Å². The lowest BCUT2D eigenvalue weighted by Gasteiger charge is -2.28. The van der Waals surface area contributed by atoms with E-state index in [1.54, 1.807) is 36.4 Å². The van der Waals surface area contributed by atoms with E-state index >= 15 is 0 Å². The normalized spacial score (nSPS) is 17.0. The molecule has 1 unspecified atom stereocenters. The van der Waals surface area contributed by atoms with Gasteiger partial charge in [-0.3, -0.25) is 9.59 Å². The second-order valence-electron chi connectivity index (χ2n) is 10.3. The Balaban J connectivity index is 2.10. The van der Waals surface area contributed by atoms with Gasteiger partial charge in [0.05, 0.1) is 47.0 Å². The van der Waals surface area contributed by atoms with Gasteiger partial charge in [0.1, 0.15) is 5.75 Å². The zero-order valence-electron chi connectivity index (χ0n) is 23.6. The maximum absolute atomic E-state index is 13.8. The first-order valence-corrected chi connectivity index (χ1v) is 13.2. The Morgan fingerprint density at radius 1 is 1.05 bits per heavy atom. The van der Waals surface area contributed by atoms with E-state index in [4.69, 9.17) is 14.2 Å². The Bertz CT molecular complexity index is 1190. The van der Waals surface area contributed by atoms with Crippen LogP contribution in [0.3, 0.4) is 0 Å². The van der Waals surface area contributed by atoms with E-state index in [0.717, 1.165) is 12.1 Å². The Kier molecular flexibility index (Phi) is 9.80. The first kappa shape index (κ1) is 29.0. The summed E-state index contributed by atoms with van der Waals surface area (Å²) < 4.78 is 17.0. The van der Waals surface area contributed by atoms with Crippen LogP contribution in [0.15, 0.2) is 42.0 Å². The third-order valence-electron chi connectivity index (χ3n) is 6.42. The molecular formula is C30H40N2O6. The number of methoxy groups -OCH3 is 1. The number of carbonyl (C=O) groups is 2. The molecule has 3 rings (SSSR count). The van der Waals surface area contributed by atoms with Crippen LogP contribution in [0, 0.1) is 12.8 Å². The molecule has 1 heterocycles. The fourth-order valence-corrected chi connectivity index (χ4v) is 4.54. The number of amides is 1. The number of ether oxygens (including phenoxy) is 3. The van der Waals surface area contributed by atoms with Gasteiger partial charge < -0.3 is 29.1 Å². The summed E-state index contributed by atoms with van der Waals surface area (Å²) in [4.78, 5) is 29.3. The quantitative estimate of drug-likeness (QED) is 0.260. The standard InChI is InChI=1S/C30H40N2O6/c1-8-37-24-13-10-21(17-25(24)36-7)27-26(29(34)30(35)32(27)15-9-14-31(5)6)28(33)22-11-12-23(20(4)16-22)38-18-19(2)3/h10-13,16-17,19,27,33H,8-9,14-15,18H2,1-7H3/b28-26+. The summed E-state index contributed by atoms with van der Waals surface area (Å²) in [5.41, 5.74) is 1.71. The van der Waals surface area contributed by atoms with Crippen molar-refractivity contribution in [2.45, 2.75) is 40.2 Å². The number of likely N-dealkylation sites (tertiary alicyclic amines) is 1. The van der Waals surface area contributed by atoms with Gasteiger partial charge in [0.2, 0.25) is 5.78 Å². The third kappa shape index (κ3) is 6.48. The average Bonchev–Trinajstić information content (AvgIpc) is 3.12. The van der Waals surface area contributed by atoms with Crippen molar-refractivity contribution in [3.05, 3.63) is 58.7 Å². The maximum atomic E-state index is 13.8. The van der Waals surface area contributed by atoms with Gasteiger partial charge in [0.25, 0.3) is 5.91 Å². The minimum atomic E-state index is -0.818. The van der Waals surface area contributed by atoms with Gasteiger partial charge in [0.15, 0.2) is 11.5 Å². The molecule has 8 heteroatoms. The minimum Gasteiger partial charge on any atom is -0.872 e. The van der Waals surface area contributed by atoms with Crippen molar-refractivity contribution in [3.63, 3.8) is 0 Å². The van der Waals surface area contributed by atoms with Crippen LogP contribution < -0.4 is 24.2 Å². The molecule has 1 aliphatic heterocycles. The highest BCUT2D eigenvalue weighted by Gasteiger charge is 2.44. The van der Waals surface area contributed by atoms with Crippen molar-refractivity contribution in [2.24, 2.45) is 5.92 Å². The summed E-state index contributed by atoms with van der Waals surface area (Å²) in [6.45, 7) is 10.1. The SMILES string of the molecule is CCOc1ccc(C2/C(=C(\[O-])c3ccc(OCC(C)C)c(C)c3)C(=O)C(=O)N2CCC[NH+](C)C)cc1OC. The van der Waals surface area contributed by atoms with Crippen molar-refractivity contribution in [3.8, 4) is 17.2 Å². The molecule has 1 amide bonds. The molecular weight excluding hydrogens is 484 g/mol. The zero-order valence-corrected chi connectivity index (χ0v) is 23.6. The highest BCUT2D eigenvalue weighted by Crippen LogP contribution is 2.41. The molecule has 2 aromatic carbocycles. The molecule has 1 atom stereocenters. The lowest BCUT2D eigenvalue weighted by molar-refractivity contribution is -0.858. The van der Waals surface area contributed by atoms with Crippen LogP contribution in [0.25, 0.3) is 5.76 Å². The second kappa shape index (κ2) is 12.8. The number of benzene rings is 2. The molecule has 0 spiro atoms. The molecule has 2 aromatic rings. The molecule has 1 aliphatic rings. The van der Waals surface area contributed by atoms with Crippen LogP contribution in [0.1, 0.15) is 49.9 Å². The maximum Gasteiger partial charge on any atom is 0.295 e. The third-order valence-corrected chi connectivity index (χ3v) is 6.42. The van der Waals surface area contributed by atoms with Crippen LogP contribution >= 0.6 is 0 Å². The Labute approximate surface area is 225 Å². The molecule has 38 heavy (non-hydrogen) atoms. The smallest absolute Gasteiger partial charge is 0.295 e. The first-order chi connectivity index (χ1) is 18.1. The van der Waals surface area contributed by atoms with E-state index in [0.29, 0.717) is 60.5 Å². The summed E-state index contributed by atoms with van der Waals surface area (Å²) in [6, 6.07) is 9.59. The van der Waals surface area contributed by atoms with Crippen molar-refractivity contribution in [1.82, 2.24) is 4.90 Å². The summed E-state index contributed by atoms with van der Waals surface area (Å²) in [5, 5.41) is 13.8. The van der Waals surface area contributed by atoms with E-state index in [-0.39, 0.29) is 5.57 Å². The van der Waals surface area contributed by atoms with Crippen molar-refractivity contribution in [2.75, 3.05) is 47.5 Å². The first-order valence-electron chi connectivity index (χ1n) is 13.2. The number of nitrogens with one attached hydrogen (secondary N) is 1. The topological polar surface area (TPSA) is 92.6 Å². The number of nitrogens with zero attached hydrogens (tertiary/aromatic N) is 1. The highest BCUT2D eigenvalue weighted by molar-refractivity contribution is 6.46. The van der Waals surface area contributed by atoms with E-state index < -0.39 is 23.5 Å². The van der Waals surface area contributed by atoms with Gasteiger partial charge >= 0.3 is 0 Å². The van der Waals surface area contributed by atoms with Crippen LogP contribution in [0.5, 0.6) is 17.2 Å². The van der Waals surface area contributed by atoms with Gasteiger partial charge in [-0.05, 0) is 60.7 Å². The number of hydrogen-bond acceptors (Lipinski definition) is 6. The van der Waals surface area contributed by atoms with Crippen molar-refractivity contribution < 1.29 is 33.8 Å². The van der Waals surface area contributed by atoms with Gasteiger partial charge in [-0.25, -0.2) is 0 Å². The van der Waals surface area contributed by atoms with E-state index in [9.17, 15) is 14.7 Å². The van der Waals surface area contributed by atoms with Crippen molar-refractivity contribution in [1.29, 1.82) is 0 Å². The molecule has 0 radical (unpaired) electrons. The molecule has 206 valence electrons. The van der Waals surface area contributed by atoms with E-state index in [2.05, 4.69) is 13.8 Å². The molecule has 1 saturated heterocycles. The monoisotopic (exact) mass is 524 g/mol. The molecule has 0 bridgehead atoms. The lowest BCUT2D eigenvalue weighted by Crippen LogP contribution is -3.05. The number of quaternary nitrogens is 1. The molecule has 0 aliphatic carbocycles. The molecule has 1 N–H and O–H groups in total. The number of ketones is 1. The van der Waals surface area contributed by atoms with Crippen LogP contribution in [0.4, 0.5) is 0 Å². The molecule has 8 nitrogen and oxygen atoms in total.